The van der Waals surface area contributed by atoms with Crippen molar-refractivity contribution >= 4 is 23.7 Å². The first-order valence-corrected chi connectivity index (χ1v) is 16.1. The molecule has 50 heavy (non-hydrogen) atoms. The highest BCUT2D eigenvalue weighted by Crippen LogP contribution is 2.47. The number of aromatic hydroxyl groups is 1. The van der Waals surface area contributed by atoms with E-state index in [-0.39, 0.29) is 30.9 Å². The van der Waals surface area contributed by atoms with E-state index in [0.717, 1.165) is 17.8 Å². The summed E-state index contributed by atoms with van der Waals surface area (Å²) in [4.78, 5) is 49.0. The van der Waals surface area contributed by atoms with Gasteiger partial charge >= 0.3 is 12.1 Å². The number of alkyl carbamates (subject to hydrolysis) is 1. The largest absolute Gasteiger partial charge is 0.508 e. The number of alkyl halides is 1. The summed E-state index contributed by atoms with van der Waals surface area (Å²) >= 11 is 0. The van der Waals surface area contributed by atoms with Crippen molar-refractivity contribution in [2.75, 3.05) is 5.48 Å². The maximum Gasteiger partial charge on any atom is 0.408 e. The van der Waals surface area contributed by atoms with Crippen molar-refractivity contribution in [2.24, 2.45) is 5.92 Å². The average Bonchev–Trinajstić information content (AvgIpc) is 3.10. The van der Waals surface area contributed by atoms with Crippen LogP contribution in [-0.4, -0.2) is 28.1 Å². The van der Waals surface area contributed by atoms with E-state index in [1.165, 1.54) is 12.1 Å². The predicted molar refractivity (Wildman–Crippen MR) is 179 cm³/mol. The molecule has 0 aliphatic carbocycles. The number of rotatable bonds is 13. The molecule has 4 aromatic rings. The average molecular weight is 689 g/mol. The number of nitrogens with one attached hydrogen (secondary N) is 3. The highest BCUT2D eigenvalue weighted by molar-refractivity contribution is 5.92. The number of nitrogens with zero attached hydrogens (tertiary/aromatic N) is 1. The summed E-state index contributed by atoms with van der Waals surface area (Å²) in [6, 6.07) is 21.4. The van der Waals surface area contributed by atoms with Gasteiger partial charge in [-0.1, -0.05) is 87.9 Å². The molecule has 11 nitrogen and oxygen atoms in total. The van der Waals surface area contributed by atoms with Gasteiger partial charge in [0, 0.05) is 29.8 Å². The van der Waals surface area contributed by atoms with E-state index in [1.807, 2.05) is 37.3 Å². The van der Waals surface area contributed by atoms with Crippen LogP contribution in [0, 0.1) is 11.9 Å². The number of carbonyl (C=O) groups is 3. The predicted octanol–water partition coefficient (Wildman–Crippen LogP) is 6.64. The number of hydrogen-bond donors (Lipinski definition) is 4. The Hall–Kier alpha value is -5.72. The zero-order valence-corrected chi connectivity index (χ0v) is 27.8. The van der Waals surface area contributed by atoms with Gasteiger partial charge in [0.1, 0.15) is 24.7 Å². The second-order valence-corrected chi connectivity index (χ2v) is 12.2. The Bertz CT molecular complexity index is 1840. The van der Waals surface area contributed by atoms with Crippen molar-refractivity contribution in [3.8, 4) is 11.5 Å². The zero-order chi connectivity index (χ0) is 35.9. The molecule has 1 aliphatic heterocycles. The van der Waals surface area contributed by atoms with Crippen LogP contribution in [0.25, 0.3) is 0 Å². The van der Waals surface area contributed by atoms with Gasteiger partial charge in [-0.05, 0) is 35.6 Å². The Labute approximate surface area is 287 Å². The Morgan fingerprint density at radius 3 is 2.34 bits per heavy atom. The van der Waals surface area contributed by atoms with Crippen molar-refractivity contribution in [1.29, 1.82) is 0 Å². The molecule has 1 unspecified atom stereocenters. The number of ether oxygens (including phenoxy) is 2. The summed E-state index contributed by atoms with van der Waals surface area (Å²) in [5.74, 6) is -7.55. The minimum Gasteiger partial charge on any atom is -0.508 e. The number of pyridine rings is 1. The Balaban J connectivity index is 1.61. The molecule has 0 saturated carbocycles. The summed E-state index contributed by atoms with van der Waals surface area (Å²) in [5.41, 5.74) is -0.0936. The van der Waals surface area contributed by atoms with Crippen molar-refractivity contribution in [3.05, 3.63) is 119 Å². The van der Waals surface area contributed by atoms with E-state index in [0.29, 0.717) is 18.4 Å². The van der Waals surface area contributed by atoms with Crippen LogP contribution < -0.4 is 20.9 Å². The summed E-state index contributed by atoms with van der Waals surface area (Å²) in [6.07, 6.45) is 0.895. The molecule has 0 radical (unpaired) electrons. The summed E-state index contributed by atoms with van der Waals surface area (Å²) in [5, 5.41) is 15.5. The van der Waals surface area contributed by atoms with Crippen LogP contribution in [0.3, 0.4) is 0 Å². The number of amides is 2. The number of unbranched alkanes of at least 4 members (excludes halogenated alkanes) is 1. The maximum absolute atomic E-state index is 18.0. The Morgan fingerprint density at radius 2 is 1.70 bits per heavy atom. The van der Waals surface area contributed by atoms with E-state index >= 15 is 8.78 Å². The fourth-order valence-electron chi connectivity index (χ4n) is 5.70. The number of anilines is 1. The highest BCUT2D eigenvalue weighted by Gasteiger charge is 2.54. The van der Waals surface area contributed by atoms with E-state index in [4.69, 9.17) is 14.3 Å². The third-order valence-electron chi connectivity index (χ3n) is 8.35. The fourth-order valence-corrected chi connectivity index (χ4v) is 5.70. The Kier molecular flexibility index (Phi) is 10.8. The van der Waals surface area contributed by atoms with Crippen molar-refractivity contribution in [3.63, 3.8) is 0 Å². The third-order valence-corrected chi connectivity index (χ3v) is 8.35. The van der Waals surface area contributed by atoms with Crippen LogP contribution in [0.5, 0.6) is 11.5 Å². The first-order chi connectivity index (χ1) is 24.0. The van der Waals surface area contributed by atoms with Gasteiger partial charge in [-0.15, -0.1) is 0 Å². The lowest BCUT2D eigenvalue weighted by atomic mass is 9.77. The third kappa shape index (κ3) is 7.46. The zero-order valence-electron chi connectivity index (χ0n) is 27.8. The number of fused-ring (bicyclic) bond motifs is 1. The molecular formula is C37H38F2N4O7. The maximum atomic E-state index is 18.0. The van der Waals surface area contributed by atoms with Gasteiger partial charge in [0.15, 0.2) is 5.54 Å². The minimum absolute atomic E-state index is 0.0191. The SMILES string of the molecule is CCCCC(=O)NC(F)(c1cc(O)cc(OCc2ccccc2)c1)c1c(F)ncc2c1NOC(=O)[C@@]2(NC(=O)OCc1ccccc1)C(C)C. The topological polar surface area (TPSA) is 148 Å². The van der Waals surface area contributed by atoms with Crippen LogP contribution in [0.2, 0.25) is 0 Å². The van der Waals surface area contributed by atoms with Crippen LogP contribution in [0.4, 0.5) is 19.3 Å². The molecule has 0 spiro atoms. The molecule has 4 N–H and O–H groups in total. The van der Waals surface area contributed by atoms with Gasteiger partial charge in [-0.2, -0.15) is 4.39 Å². The van der Waals surface area contributed by atoms with E-state index in [1.54, 1.807) is 44.2 Å². The number of carbonyl (C=O) groups excluding carboxylic acids is 3. The van der Waals surface area contributed by atoms with Gasteiger partial charge in [0.2, 0.25) is 17.6 Å². The van der Waals surface area contributed by atoms with Gasteiger partial charge < -0.3 is 30.1 Å². The molecule has 262 valence electrons. The lowest BCUT2D eigenvalue weighted by Gasteiger charge is -2.41. The fraction of sp³-hybridized carbons (Fsp3) is 0.297. The minimum atomic E-state index is -3.22. The van der Waals surface area contributed by atoms with E-state index in [9.17, 15) is 19.5 Å². The number of phenolic OH excluding ortho intramolecular Hbond substituents is 1. The first kappa shape index (κ1) is 35.6. The second kappa shape index (κ2) is 15.2. The molecule has 1 aromatic heterocycles. The Morgan fingerprint density at radius 1 is 1.04 bits per heavy atom. The lowest BCUT2D eigenvalue weighted by molar-refractivity contribution is -0.152. The van der Waals surface area contributed by atoms with E-state index in [2.05, 4.69) is 21.1 Å². The number of benzene rings is 3. The smallest absolute Gasteiger partial charge is 0.408 e. The second-order valence-electron chi connectivity index (χ2n) is 12.2. The molecule has 1 aliphatic rings. The normalized spacial score (nSPS) is 16.3. The van der Waals surface area contributed by atoms with Gasteiger partial charge in [-0.25, -0.2) is 24.4 Å². The van der Waals surface area contributed by atoms with Crippen molar-refractivity contribution in [2.45, 2.75) is 64.6 Å². The van der Waals surface area contributed by atoms with Gasteiger partial charge in [-0.3, -0.25) is 4.79 Å². The van der Waals surface area contributed by atoms with Crippen LogP contribution in [-0.2, 0) is 43.7 Å². The van der Waals surface area contributed by atoms with Gasteiger partial charge in [0.25, 0.3) is 0 Å². The molecule has 0 fully saturated rings. The molecule has 2 amide bonds. The molecule has 3 aromatic carbocycles. The van der Waals surface area contributed by atoms with Gasteiger partial charge in [0.05, 0.1) is 11.3 Å². The van der Waals surface area contributed by atoms with Crippen molar-refractivity contribution < 1.29 is 42.6 Å². The first-order valence-electron chi connectivity index (χ1n) is 16.1. The van der Waals surface area contributed by atoms with Crippen molar-refractivity contribution in [1.82, 2.24) is 15.6 Å². The number of hydrogen-bond acceptors (Lipinski definition) is 9. The molecule has 5 rings (SSSR count). The highest BCUT2D eigenvalue weighted by atomic mass is 19.2. The summed E-state index contributed by atoms with van der Waals surface area (Å²) < 4.78 is 45.2. The number of aromatic nitrogens is 1. The monoisotopic (exact) mass is 688 g/mol. The lowest BCUT2D eigenvalue weighted by Crippen LogP contribution is -2.59. The summed E-state index contributed by atoms with van der Waals surface area (Å²) in [6.45, 7) is 4.97. The van der Waals surface area contributed by atoms with E-state index < -0.39 is 63.7 Å². The molecule has 0 saturated heterocycles. The quantitative estimate of drug-likeness (QED) is 0.0896. The molecular weight excluding hydrogens is 650 g/mol. The summed E-state index contributed by atoms with van der Waals surface area (Å²) in [7, 11) is 0. The molecule has 0 bridgehead atoms. The standard InChI is InChI=1S/C37H38F2N4O7/c1-4-5-16-30(45)41-37(39,26-17-27(44)19-28(18-26)48-21-24-12-8-6-9-13-24)31-32-29(20-40-33(31)38)36(23(2)3,34(46)50-43-32)42-35(47)49-22-25-14-10-7-11-15-25/h6-15,17-20,23,43-44H,4-5,16,21-22H2,1-3H3,(H,41,45)(H,42,47)/t36-,37?/m1/s1. The number of phenols is 1. The van der Waals surface area contributed by atoms with Crippen LogP contribution in [0.1, 0.15) is 67.9 Å². The van der Waals surface area contributed by atoms with Crippen LogP contribution >= 0.6 is 0 Å². The van der Waals surface area contributed by atoms with Crippen LogP contribution in [0.15, 0.2) is 85.1 Å². The molecule has 2 heterocycles. The number of halogens is 2. The molecule has 2 atom stereocenters. The molecule has 13 heteroatoms.